The van der Waals surface area contributed by atoms with Crippen molar-refractivity contribution in [3.05, 3.63) is 29.8 Å². The van der Waals surface area contributed by atoms with E-state index in [-0.39, 0.29) is 29.1 Å². The van der Waals surface area contributed by atoms with Crippen LogP contribution in [0.4, 0.5) is 0 Å². The molecule has 1 unspecified atom stereocenters. The average molecular weight is 460 g/mol. The van der Waals surface area contributed by atoms with Crippen LogP contribution in [0.3, 0.4) is 0 Å². The maximum absolute atomic E-state index is 12.7. The molecule has 1 aliphatic heterocycles. The molecule has 1 aliphatic rings. The third-order valence-corrected chi connectivity index (χ3v) is 9.49. The van der Waals surface area contributed by atoms with E-state index in [1.165, 1.54) is 27.8 Å². The van der Waals surface area contributed by atoms with Gasteiger partial charge in [-0.25, -0.2) is 16.8 Å². The molecule has 0 aromatic heterocycles. The molecule has 1 saturated heterocycles. The normalized spacial score (nSPS) is 18.7. The second-order valence-corrected chi connectivity index (χ2v) is 12.0. The first-order chi connectivity index (χ1) is 14.0. The van der Waals surface area contributed by atoms with E-state index in [4.69, 9.17) is 0 Å². The Hall–Kier alpha value is -1.49. The van der Waals surface area contributed by atoms with Crippen molar-refractivity contribution in [2.45, 2.75) is 70.0 Å². The lowest BCUT2D eigenvalue weighted by molar-refractivity contribution is -0.125. The lowest BCUT2D eigenvalue weighted by Gasteiger charge is -2.33. The predicted molar refractivity (Wildman–Crippen MR) is 117 cm³/mol. The van der Waals surface area contributed by atoms with Crippen molar-refractivity contribution in [2.75, 3.05) is 19.3 Å². The van der Waals surface area contributed by atoms with Crippen LogP contribution in [0.25, 0.3) is 0 Å². The summed E-state index contributed by atoms with van der Waals surface area (Å²) in [6, 6.07) is 5.52. The molecule has 0 saturated carbocycles. The zero-order valence-corrected chi connectivity index (χ0v) is 19.8. The number of amides is 1. The van der Waals surface area contributed by atoms with Gasteiger partial charge in [0, 0.05) is 26.2 Å². The topological polar surface area (TPSA) is 104 Å². The fourth-order valence-electron chi connectivity index (χ4n) is 3.41. The Morgan fingerprint density at radius 2 is 1.80 bits per heavy atom. The molecule has 170 valence electrons. The fourth-order valence-corrected chi connectivity index (χ4v) is 6.52. The van der Waals surface area contributed by atoms with Crippen LogP contribution in [0, 0.1) is 0 Å². The summed E-state index contributed by atoms with van der Waals surface area (Å²) in [5.74, 6) is -0.275. The van der Waals surface area contributed by atoms with Crippen molar-refractivity contribution in [1.29, 1.82) is 0 Å². The smallest absolute Gasteiger partial charge is 0.243 e. The molecular weight excluding hydrogens is 426 g/mol. The summed E-state index contributed by atoms with van der Waals surface area (Å²) in [5.41, 5.74) is 0.744. The maximum Gasteiger partial charge on any atom is 0.243 e. The maximum atomic E-state index is 12.7. The molecule has 0 aliphatic carbocycles. The number of nitrogens with zero attached hydrogens (tertiary/aromatic N) is 2. The van der Waals surface area contributed by atoms with E-state index >= 15 is 0 Å². The van der Waals surface area contributed by atoms with Gasteiger partial charge in [-0.05, 0) is 50.8 Å². The summed E-state index contributed by atoms with van der Waals surface area (Å²) in [6.07, 6.45) is 2.58. The van der Waals surface area contributed by atoms with Crippen molar-refractivity contribution < 1.29 is 21.6 Å². The highest BCUT2D eigenvalue weighted by Gasteiger charge is 2.36. The monoisotopic (exact) mass is 459 g/mol. The number of nitrogens with one attached hydrogen (secondary N) is 1. The Bertz CT molecular complexity index is 928. The SMILES string of the molecule is CCCS(=O)(=O)N1CCCCC1C(=O)NCc1ccc(S(=O)(=O)N(C)C(C)C)cc1. The molecule has 1 fully saturated rings. The molecule has 1 amide bonds. The van der Waals surface area contributed by atoms with Gasteiger partial charge in [0.25, 0.3) is 0 Å². The first kappa shape index (κ1) is 24.8. The minimum Gasteiger partial charge on any atom is -0.351 e. The number of hydrogen-bond donors (Lipinski definition) is 1. The minimum absolute atomic E-state index is 0.0392. The number of rotatable bonds is 9. The van der Waals surface area contributed by atoms with Gasteiger partial charge in [0.15, 0.2) is 0 Å². The first-order valence-electron chi connectivity index (χ1n) is 10.3. The van der Waals surface area contributed by atoms with Gasteiger partial charge in [-0.3, -0.25) is 4.79 Å². The van der Waals surface area contributed by atoms with E-state index in [0.29, 0.717) is 19.4 Å². The quantitative estimate of drug-likeness (QED) is 0.608. The van der Waals surface area contributed by atoms with Gasteiger partial charge in [-0.1, -0.05) is 25.5 Å². The number of benzene rings is 1. The molecule has 1 atom stereocenters. The molecule has 1 N–H and O–H groups in total. The molecule has 8 nitrogen and oxygen atoms in total. The summed E-state index contributed by atoms with van der Waals surface area (Å²) in [7, 11) is -5.47. The molecule has 0 spiro atoms. The molecule has 10 heteroatoms. The van der Waals surface area contributed by atoms with E-state index in [2.05, 4.69) is 5.32 Å². The number of sulfonamides is 2. The second-order valence-electron chi connectivity index (χ2n) is 7.92. The third kappa shape index (κ3) is 5.81. The van der Waals surface area contributed by atoms with Crippen molar-refractivity contribution >= 4 is 26.0 Å². The predicted octanol–water partition coefficient (Wildman–Crippen LogP) is 1.93. The second kappa shape index (κ2) is 10.2. The van der Waals surface area contributed by atoms with Gasteiger partial charge in [0.2, 0.25) is 26.0 Å². The van der Waals surface area contributed by atoms with Crippen LogP contribution in [-0.2, 0) is 31.4 Å². The zero-order valence-electron chi connectivity index (χ0n) is 18.2. The first-order valence-corrected chi connectivity index (χ1v) is 13.4. The van der Waals surface area contributed by atoms with Crippen molar-refractivity contribution in [1.82, 2.24) is 13.9 Å². The number of carbonyl (C=O) groups excluding carboxylic acids is 1. The van der Waals surface area contributed by atoms with Crippen LogP contribution in [0.2, 0.25) is 0 Å². The van der Waals surface area contributed by atoms with Crippen LogP contribution in [0.5, 0.6) is 0 Å². The fraction of sp³-hybridized carbons (Fsp3) is 0.650. The van der Waals surface area contributed by atoms with E-state index in [9.17, 15) is 21.6 Å². The number of piperidine rings is 1. The highest BCUT2D eigenvalue weighted by Crippen LogP contribution is 2.22. The van der Waals surface area contributed by atoms with Crippen molar-refractivity contribution in [2.24, 2.45) is 0 Å². The van der Waals surface area contributed by atoms with Gasteiger partial charge in [0.05, 0.1) is 10.6 Å². The van der Waals surface area contributed by atoms with E-state index in [1.54, 1.807) is 32.9 Å². The molecule has 1 heterocycles. The summed E-state index contributed by atoms with van der Waals surface area (Å²) >= 11 is 0. The highest BCUT2D eigenvalue weighted by molar-refractivity contribution is 7.89. The van der Waals surface area contributed by atoms with Gasteiger partial charge in [0.1, 0.15) is 6.04 Å². The minimum atomic E-state index is -3.56. The molecule has 30 heavy (non-hydrogen) atoms. The van der Waals surface area contributed by atoms with E-state index in [0.717, 1.165) is 18.4 Å². The average Bonchev–Trinajstić information content (AvgIpc) is 2.71. The van der Waals surface area contributed by atoms with E-state index in [1.807, 2.05) is 0 Å². The lowest BCUT2D eigenvalue weighted by atomic mass is 10.0. The number of carbonyl (C=O) groups is 1. The van der Waals surface area contributed by atoms with Crippen LogP contribution in [0.1, 0.15) is 52.0 Å². The van der Waals surface area contributed by atoms with Crippen LogP contribution >= 0.6 is 0 Å². The summed E-state index contributed by atoms with van der Waals surface area (Å²) in [4.78, 5) is 12.9. The molecular formula is C20H33N3O5S2. The third-order valence-electron chi connectivity index (χ3n) is 5.37. The Balaban J connectivity index is 2.05. The van der Waals surface area contributed by atoms with Gasteiger partial charge < -0.3 is 5.32 Å². The highest BCUT2D eigenvalue weighted by atomic mass is 32.2. The Kier molecular flexibility index (Phi) is 8.43. The molecule has 1 aromatic carbocycles. The molecule has 0 bridgehead atoms. The van der Waals surface area contributed by atoms with Gasteiger partial charge in [-0.2, -0.15) is 8.61 Å². The van der Waals surface area contributed by atoms with Gasteiger partial charge in [-0.15, -0.1) is 0 Å². The van der Waals surface area contributed by atoms with Crippen molar-refractivity contribution in [3.8, 4) is 0 Å². The van der Waals surface area contributed by atoms with E-state index < -0.39 is 26.1 Å². The summed E-state index contributed by atoms with van der Waals surface area (Å²) < 4.78 is 52.7. The van der Waals surface area contributed by atoms with Gasteiger partial charge >= 0.3 is 0 Å². The van der Waals surface area contributed by atoms with Crippen molar-refractivity contribution in [3.63, 3.8) is 0 Å². The molecule has 0 radical (unpaired) electrons. The Labute approximate surface area is 180 Å². The Morgan fingerprint density at radius 3 is 2.37 bits per heavy atom. The lowest BCUT2D eigenvalue weighted by Crippen LogP contribution is -2.52. The standard InChI is InChI=1S/C20H33N3O5S2/c1-5-14-29(25,26)23-13-7-6-8-19(23)20(24)21-15-17-9-11-18(12-10-17)30(27,28)22(4)16(2)3/h9-12,16,19H,5-8,13-15H2,1-4H3,(H,21,24). The molecule has 2 rings (SSSR count). The zero-order chi connectivity index (χ0) is 22.5. The number of hydrogen-bond acceptors (Lipinski definition) is 5. The largest absolute Gasteiger partial charge is 0.351 e. The van der Waals surface area contributed by atoms with Crippen LogP contribution in [0.15, 0.2) is 29.2 Å². The van der Waals surface area contributed by atoms with Crippen LogP contribution < -0.4 is 5.32 Å². The summed E-state index contributed by atoms with van der Waals surface area (Å²) in [5, 5.41) is 2.81. The molecule has 1 aromatic rings. The summed E-state index contributed by atoms with van der Waals surface area (Å²) in [6.45, 7) is 5.99. The van der Waals surface area contributed by atoms with Crippen LogP contribution in [-0.4, -0.2) is 62.8 Å². The Morgan fingerprint density at radius 1 is 1.17 bits per heavy atom.